The Labute approximate surface area is 352 Å². The number of benzene rings is 10. The molecule has 0 atom stereocenters. The topological polar surface area (TPSA) is 42.4 Å². The molecule has 0 amide bonds. The summed E-state index contributed by atoms with van der Waals surface area (Å²) >= 11 is 0. The number of hydrogen-bond donors (Lipinski definition) is 0. The number of nitrogens with zero attached hydrogens (tertiary/aromatic N) is 2. The number of anilines is 3. The highest BCUT2D eigenvalue weighted by Gasteiger charge is 2.27. The zero-order valence-corrected chi connectivity index (χ0v) is 31.1. The number of aromatic nitrogens is 1. The molecule has 59 heavy (non-hydrogen) atoms. The second-order valence-electron chi connectivity index (χ2n) is 14.4. The van der Waals surface area contributed by atoms with Gasteiger partial charge in [0.05, 0.1) is 17.9 Å². The minimum Gasteiger partial charge on any atom is -0.454 e. The van der Waals surface area contributed by atoms with Crippen molar-refractivity contribution in [1.29, 1.82) is 0 Å². The number of fused-ring (bicyclic) bond motifs is 9. The quantitative estimate of drug-likeness (QED) is 0.158. The number of oxazole rings is 1. The molecule has 0 saturated heterocycles. The average molecular weight is 764 g/mol. The average Bonchev–Trinajstić information content (AvgIpc) is 3.99. The van der Waals surface area contributed by atoms with E-state index in [0.717, 1.165) is 38.4 Å². The van der Waals surface area contributed by atoms with Crippen molar-refractivity contribution in [2.75, 3.05) is 4.90 Å². The van der Waals surface area contributed by atoms with E-state index in [9.17, 15) is 1.37 Å². The predicted octanol–water partition coefficient (Wildman–Crippen LogP) is 15.7. The molecule has 0 bridgehead atoms. The molecule has 12 aromatic rings. The van der Waals surface area contributed by atoms with Crippen LogP contribution in [-0.4, -0.2) is 4.98 Å². The molecule has 4 nitrogen and oxygen atoms in total. The maximum absolute atomic E-state index is 9.58. The van der Waals surface area contributed by atoms with Gasteiger partial charge in [0.25, 0.3) is 0 Å². The molecule has 0 aliphatic heterocycles. The smallest absolute Gasteiger partial charge is 0.229 e. The lowest BCUT2D eigenvalue weighted by Gasteiger charge is -2.27. The summed E-state index contributed by atoms with van der Waals surface area (Å²) in [5.74, 6) is 0.371. The number of rotatable bonds is 6. The van der Waals surface area contributed by atoms with Crippen molar-refractivity contribution in [1.82, 2.24) is 4.98 Å². The van der Waals surface area contributed by atoms with Gasteiger partial charge in [-0.25, -0.2) is 4.98 Å². The van der Waals surface area contributed by atoms with E-state index >= 15 is 0 Å². The van der Waals surface area contributed by atoms with E-state index < -0.39 is 48.3 Å². The zero-order chi connectivity index (χ0) is 46.7. The summed E-state index contributed by atoms with van der Waals surface area (Å²) in [7, 11) is 0. The Kier molecular flexibility index (Phi) is 5.72. The summed E-state index contributed by atoms with van der Waals surface area (Å²) < 4.78 is 93.2. The van der Waals surface area contributed by atoms with E-state index in [2.05, 4.69) is 41.3 Å². The monoisotopic (exact) mass is 763 g/mol. The molecule has 0 spiro atoms. The van der Waals surface area contributed by atoms with Crippen LogP contribution in [0, 0.1) is 0 Å². The highest BCUT2D eigenvalue weighted by atomic mass is 16.3. The van der Waals surface area contributed by atoms with E-state index in [1.165, 1.54) is 0 Å². The van der Waals surface area contributed by atoms with Gasteiger partial charge in [0, 0.05) is 22.1 Å². The minimum atomic E-state index is -0.561. The first-order valence-electron chi connectivity index (χ1n) is 23.7. The summed E-state index contributed by atoms with van der Waals surface area (Å²) in [6, 6.07) is 45.0. The van der Waals surface area contributed by atoms with E-state index in [-0.39, 0.29) is 33.2 Å². The first-order valence-corrected chi connectivity index (χ1v) is 19.2. The van der Waals surface area contributed by atoms with Gasteiger partial charge in [-0.15, -0.1) is 0 Å². The molecule has 12 rings (SSSR count). The molecular formula is C55H34N2O2. The Morgan fingerprint density at radius 1 is 0.441 bits per heavy atom. The summed E-state index contributed by atoms with van der Waals surface area (Å²) in [5.41, 5.74) is 7.81. The van der Waals surface area contributed by atoms with Gasteiger partial charge in [-0.2, -0.15) is 0 Å². The van der Waals surface area contributed by atoms with Crippen LogP contribution in [0.1, 0.15) is 12.3 Å². The van der Waals surface area contributed by atoms with Crippen LogP contribution in [0.25, 0.3) is 99.1 Å². The van der Waals surface area contributed by atoms with Crippen molar-refractivity contribution in [3.8, 4) is 33.7 Å². The zero-order valence-electron chi connectivity index (χ0n) is 40.1. The van der Waals surface area contributed by atoms with Crippen LogP contribution in [0.4, 0.5) is 17.1 Å². The molecule has 276 valence electrons. The third-order valence-electron chi connectivity index (χ3n) is 11.0. The lowest BCUT2D eigenvalue weighted by molar-refractivity contribution is 0.619. The fourth-order valence-electron chi connectivity index (χ4n) is 8.28. The van der Waals surface area contributed by atoms with Crippen LogP contribution in [0.2, 0.25) is 0 Å². The standard InChI is InChI=1S/C55H34N2O2/c1-2-12-35(13-3-1)36-22-27-40(28-23-36)57(41-29-24-38(25-30-41)48-34-39-15-5-6-16-42(39)44-18-8-9-19-45(44)48)53-47(55-56-49-20-10-11-21-50(49)59-55)32-31-46-52-43-17-7-4-14-37(43)26-33-51(52)58-54(46)53/h1-34H/i5D,6D,8D,9D,15D,16D,18D,19D,34D. The van der Waals surface area contributed by atoms with Crippen molar-refractivity contribution in [2.45, 2.75) is 0 Å². The van der Waals surface area contributed by atoms with Gasteiger partial charge in [0.1, 0.15) is 16.8 Å². The van der Waals surface area contributed by atoms with Crippen molar-refractivity contribution in [2.24, 2.45) is 0 Å². The molecule has 2 aromatic heterocycles. The van der Waals surface area contributed by atoms with E-state index in [1.807, 2.05) is 103 Å². The first-order chi connectivity index (χ1) is 33.0. The van der Waals surface area contributed by atoms with E-state index in [0.29, 0.717) is 50.7 Å². The Hall–Kier alpha value is -7.95. The summed E-state index contributed by atoms with van der Waals surface area (Å²) in [6.07, 6.45) is 0. The number of furan rings is 1. The van der Waals surface area contributed by atoms with Crippen LogP contribution < -0.4 is 4.90 Å². The first kappa shape index (κ1) is 25.3. The molecule has 2 heterocycles. The molecule has 0 saturated carbocycles. The second kappa shape index (κ2) is 13.3. The molecule has 0 aliphatic carbocycles. The molecular weight excluding hydrogens is 721 g/mol. The number of hydrogen-bond acceptors (Lipinski definition) is 4. The van der Waals surface area contributed by atoms with Crippen LogP contribution in [0.5, 0.6) is 0 Å². The van der Waals surface area contributed by atoms with Crippen molar-refractivity contribution >= 4 is 82.4 Å². The van der Waals surface area contributed by atoms with Gasteiger partial charge in [-0.3, -0.25) is 0 Å². The SMILES string of the molecule is [2H]c1c([2H])c([2H])c2c(c1[2H])c([2H])c(-c1ccc(N(c3ccc(-c4ccccc4)cc3)c3c(-c4nc5ccccc5o4)ccc4c3oc3ccc5ccccc5c34)cc1)c1c([2H])c([2H])c([2H])c([2H])c12. The second-order valence-corrected chi connectivity index (χ2v) is 14.4. The third-order valence-corrected chi connectivity index (χ3v) is 11.0. The summed E-state index contributed by atoms with van der Waals surface area (Å²) in [5, 5.41) is 3.54. The van der Waals surface area contributed by atoms with Gasteiger partial charge in [0.15, 0.2) is 11.2 Å². The highest BCUT2D eigenvalue weighted by Crippen LogP contribution is 2.49. The number of para-hydroxylation sites is 2. The Morgan fingerprint density at radius 2 is 1.12 bits per heavy atom. The molecule has 0 N–H and O–H groups in total. The minimum absolute atomic E-state index is 0.0165. The van der Waals surface area contributed by atoms with Crippen molar-refractivity contribution in [3.05, 3.63) is 206 Å². The largest absolute Gasteiger partial charge is 0.454 e. The maximum Gasteiger partial charge on any atom is 0.229 e. The maximum atomic E-state index is 9.58. The highest BCUT2D eigenvalue weighted by molar-refractivity contribution is 6.22. The molecule has 0 unspecified atom stereocenters. The lowest BCUT2D eigenvalue weighted by atomic mass is 9.93. The molecule has 4 heteroatoms. The molecule has 0 fully saturated rings. The van der Waals surface area contributed by atoms with Gasteiger partial charge < -0.3 is 13.7 Å². The molecule has 10 aromatic carbocycles. The normalized spacial score (nSPS) is 13.9. The van der Waals surface area contributed by atoms with E-state index in [1.54, 1.807) is 12.1 Å². The van der Waals surface area contributed by atoms with Gasteiger partial charge >= 0.3 is 0 Å². The van der Waals surface area contributed by atoms with Crippen LogP contribution in [-0.2, 0) is 0 Å². The Bertz CT molecular complexity index is 4040. The van der Waals surface area contributed by atoms with Crippen molar-refractivity contribution < 1.29 is 21.2 Å². The summed E-state index contributed by atoms with van der Waals surface area (Å²) in [6.45, 7) is 0. The lowest BCUT2D eigenvalue weighted by Crippen LogP contribution is -2.11. The fourth-order valence-corrected chi connectivity index (χ4v) is 8.28. The van der Waals surface area contributed by atoms with Crippen LogP contribution in [0.15, 0.2) is 215 Å². The molecule has 0 radical (unpaired) electrons. The Morgan fingerprint density at radius 3 is 1.93 bits per heavy atom. The molecule has 0 aliphatic rings. The van der Waals surface area contributed by atoms with Gasteiger partial charge in [-0.05, 0) is 115 Å². The van der Waals surface area contributed by atoms with Crippen molar-refractivity contribution in [3.63, 3.8) is 0 Å². The third kappa shape index (κ3) is 5.42. The predicted molar refractivity (Wildman–Crippen MR) is 245 cm³/mol. The van der Waals surface area contributed by atoms with Gasteiger partial charge in [0.2, 0.25) is 5.89 Å². The van der Waals surface area contributed by atoms with Crippen LogP contribution >= 0.6 is 0 Å². The van der Waals surface area contributed by atoms with Gasteiger partial charge in [-0.1, -0.05) is 145 Å². The summed E-state index contributed by atoms with van der Waals surface area (Å²) in [4.78, 5) is 7.04. The fraction of sp³-hybridized carbons (Fsp3) is 0. The Balaban J connectivity index is 1.15. The van der Waals surface area contributed by atoms with Crippen LogP contribution in [0.3, 0.4) is 0 Å². The van der Waals surface area contributed by atoms with E-state index in [4.69, 9.17) is 24.8 Å².